The number of rotatable bonds is 6. The lowest BCUT2D eigenvalue weighted by atomic mass is 9.91. The zero-order chi connectivity index (χ0) is 20.1. The van der Waals surface area contributed by atoms with E-state index in [9.17, 15) is 14.0 Å². The van der Waals surface area contributed by atoms with E-state index in [2.05, 4.69) is 11.4 Å². The summed E-state index contributed by atoms with van der Waals surface area (Å²) >= 11 is 0. The van der Waals surface area contributed by atoms with Gasteiger partial charge in [0.25, 0.3) is 0 Å². The van der Waals surface area contributed by atoms with E-state index in [0.29, 0.717) is 18.5 Å². The van der Waals surface area contributed by atoms with Gasteiger partial charge in [-0.2, -0.15) is 0 Å². The fraction of sp³-hybridized carbons (Fsp3) is 0.545. The van der Waals surface area contributed by atoms with Crippen LogP contribution in [0.4, 0.5) is 4.39 Å². The van der Waals surface area contributed by atoms with E-state index in [-0.39, 0.29) is 11.7 Å². The Labute approximate surface area is 165 Å². The number of hydrogen-bond acceptors (Lipinski definition) is 4. The molecule has 6 heteroatoms. The van der Waals surface area contributed by atoms with E-state index in [1.165, 1.54) is 31.6 Å². The van der Waals surface area contributed by atoms with Crippen molar-refractivity contribution in [2.24, 2.45) is 5.92 Å². The van der Waals surface area contributed by atoms with Gasteiger partial charge in [-0.1, -0.05) is 29.8 Å². The van der Waals surface area contributed by atoms with Gasteiger partial charge >= 0.3 is 5.97 Å². The zero-order valence-corrected chi connectivity index (χ0v) is 16.6. The molecule has 0 saturated carbocycles. The number of esters is 1. The van der Waals surface area contributed by atoms with Gasteiger partial charge < -0.3 is 10.1 Å². The van der Waals surface area contributed by atoms with Gasteiger partial charge in [-0.05, 0) is 51.6 Å². The molecule has 0 bridgehead atoms. The molecule has 0 radical (unpaired) electrons. The topological polar surface area (TPSA) is 58.6 Å². The normalized spacial score (nSPS) is 25.2. The number of hydrogen-bond donors (Lipinski definition) is 1. The highest BCUT2D eigenvalue weighted by Crippen LogP contribution is 2.41. The number of ether oxygens (including phenoxy) is 1. The Morgan fingerprint density at radius 2 is 2.07 bits per heavy atom. The van der Waals surface area contributed by atoms with Crippen molar-refractivity contribution < 1.29 is 18.7 Å². The van der Waals surface area contributed by atoms with Gasteiger partial charge in [0.1, 0.15) is 11.9 Å². The highest BCUT2D eigenvalue weighted by Gasteiger charge is 2.47. The molecule has 0 spiro atoms. The van der Waals surface area contributed by atoms with Crippen molar-refractivity contribution in [3.63, 3.8) is 0 Å². The second-order valence-electron chi connectivity index (χ2n) is 7.66. The minimum absolute atomic E-state index is 0.136. The number of carbonyl (C=O) groups is 2. The SMILES string of the molecule is COC(=O)[C@@H]1C[C@H](C(=O)NCCC2=CCCCC2)[C@H](c2ccccc2F)N1C. The van der Waals surface area contributed by atoms with Crippen molar-refractivity contribution >= 4 is 11.9 Å². The molecular weight excluding hydrogens is 359 g/mol. The molecule has 1 heterocycles. The number of likely N-dealkylation sites (N-methyl/N-ethyl adjacent to an activating group) is 1. The molecule has 1 aliphatic carbocycles. The number of nitrogens with zero attached hydrogens (tertiary/aromatic N) is 1. The average molecular weight is 388 g/mol. The second-order valence-corrected chi connectivity index (χ2v) is 7.66. The van der Waals surface area contributed by atoms with Crippen LogP contribution in [0.3, 0.4) is 0 Å². The van der Waals surface area contributed by atoms with Crippen molar-refractivity contribution in [1.82, 2.24) is 10.2 Å². The number of methoxy groups -OCH3 is 1. The lowest BCUT2D eigenvalue weighted by Gasteiger charge is -2.27. The molecule has 1 aliphatic heterocycles. The fourth-order valence-electron chi connectivity index (χ4n) is 4.42. The van der Waals surface area contributed by atoms with Crippen molar-refractivity contribution in [3.05, 3.63) is 47.3 Å². The summed E-state index contributed by atoms with van der Waals surface area (Å²) in [6.07, 6.45) is 8.11. The van der Waals surface area contributed by atoms with Crippen LogP contribution in [0.25, 0.3) is 0 Å². The zero-order valence-electron chi connectivity index (χ0n) is 16.6. The number of nitrogens with one attached hydrogen (secondary N) is 1. The van der Waals surface area contributed by atoms with E-state index >= 15 is 0 Å². The maximum absolute atomic E-state index is 14.5. The van der Waals surface area contributed by atoms with Gasteiger partial charge in [0.15, 0.2) is 0 Å². The maximum Gasteiger partial charge on any atom is 0.323 e. The van der Waals surface area contributed by atoms with E-state index in [0.717, 1.165) is 19.3 Å². The van der Waals surface area contributed by atoms with Crippen LogP contribution in [-0.4, -0.2) is 43.5 Å². The van der Waals surface area contributed by atoms with Crippen LogP contribution in [-0.2, 0) is 14.3 Å². The van der Waals surface area contributed by atoms with Gasteiger partial charge in [-0.25, -0.2) is 4.39 Å². The molecule has 2 aliphatic rings. The highest BCUT2D eigenvalue weighted by molar-refractivity contribution is 5.83. The summed E-state index contributed by atoms with van der Waals surface area (Å²) in [4.78, 5) is 26.9. The Bertz CT molecular complexity index is 749. The molecule has 0 aromatic heterocycles. The van der Waals surface area contributed by atoms with E-state index in [1.54, 1.807) is 30.1 Å². The largest absolute Gasteiger partial charge is 0.468 e. The van der Waals surface area contributed by atoms with Crippen molar-refractivity contribution in [3.8, 4) is 0 Å². The van der Waals surface area contributed by atoms with Crippen LogP contribution in [0.15, 0.2) is 35.9 Å². The Hall–Kier alpha value is -2.21. The molecule has 28 heavy (non-hydrogen) atoms. The first-order chi connectivity index (χ1) is 13.5. The number of benzene rings is 1. The van der Waals surface area contributed by atoms with E-state index in [4.69, 9.17) is 4.74 Å². The Morgan fingerprint density at radius 1 is 1.29 bits per heavy atom. The summed E-state index contributed by atoms with van der Waals surface area (Å²) in [6, 6.07) is 5.38. The minimum atomic E-state index is -0.564. The monoisotopic (exact) mass is 388 g/mol. The van der Waals surface area contributed by atoms with Crippen LogP contribution in [0.5, 0.6) is 0 Å². The third kappa shape index (κ3) is 4.43. The molecule has 1 aromatic rings. The van der Waals surface area contributed by atoms with E-state index < -0.39 is 24.0 Å². The van der Waals surface area contributed by atoms with Gasteiger partial charge in [-0.3, -0.25) is 14.5 Å². The molecule has 1 aromatic carbocycles. The smallest absolute Gasteiger partial charge is 0.323 e. The molecule has 152 valence electrons. The van der Waals surface area contributed by atoms with Crippen LogP contribution in [0.1, 0.15) is 50.1 Å². The quantitative estimate of drug-likeness (QED) is 0.600. The Balaban J connectivity index is 1.73. The number of allylic oxidation sites excluding steroid dienone is 1. The number of amides is 1. The van der Waals surface area contributed by atoms with Crippen LogP contribution >= 0.6 is 0 Å². The summed E-state index contributed by atoms with van der Waals surface area (Å²) in [6.45, 7) is 0.567. The predicted molar refractivity (Wildman–Crippen MR) is 105 cm³/mol. The summed E-state index contributed by atoms with van der Waals surface area (Å²) in [7, 11) is 3.08. The maximum atomic E-state index is 14.5. The Morgan fingerprint density at radius 3 is 2.75 bits per heavy atom. The molecule has 1 N–H and O–H groups in total. The van der Waals surface area contributed by atoms with Crippen molar-refractivity contribution in [1.29, 1.82) is 0 Å². The third-order valence-corrected chi connectivity index (χ3v) is 5.95. The number of halogens is 1. The lowest BCUT2D eigenvalue weighted by Crippen LogP contribution is -2.37. The first-order valence-corrected chi connectivity index (χ1v) is 10.0. The molecule has 3 atom stereocenters. The van der Waals surface area contributed by atoms with Gasteiger partial charge in [0.2, 0.25) is 5.91 Å². The van der Waals surface area contributed by atoms with Crippen LogP contribution < -0.4 is 5.32 Å². The standard InChI is InChI=1S/C22H29FN2O3/c1-25-19(22(27)28-2)14-17(20(25)16-10-6-7-11-18(16)23)21(26)24-13-12-15-8-4-3-5-9-15/h6-8,10-11,17,19-20H,3-5,9,12-14H2,1-2H3,(H,24,26)/t17-,19-,20-/m0/s1. The Kier molecular flexibility index (Phi) is 6.83. The second kappa shape index (κ2) is 9.32. The average Bonchev–Trinajstić information content (AvgIpc) is 3.05. The van der Waals surface area contributed by atoms with Crippen molar-refractivity contribution in [2.75, 3.05) is 20.7 Å². The summed E-state index contributed by atoms with van der Waals surface area (Å²) in [5.74, 6) is -1.41. The number of likely N-dealkylation sites (tertiary alicyclic amines) is 1. The lowest BCUT2D eigenvalue weighted by molar-refractivity contribution is -0.145. The summed E-state index contributed by atoms with van der Waals surface area (Å²) in [5, 5.41) is 3.01. The molecule has 1 saturated heterocycles. The molecular formula is C22H29FN2O3. The molecule has 3 rings (SSSR count). The van der Waals surface area contributed by atoms with Crippen LogP contribution in [0, 0.1) is 11.7 Å². The third-order valence-electron chi connectivity index (χ3n) is 5.95. The van der Waals surface area contributed by atoms with Gasteiger partial charge in [-0.15, -0.1) is 0 Å². The summed E-state index contributed by atoms with van der Waals surface area (Å²) in [5.41, 5.74) is 1.83. The van der Waals surface area contributed by atoms with E-state index in [1.807, 2.05) is 0 Å². The predicted octanol–water partition coefficient (Wildman–Crippen LogP) is 3.37. The van der Waals surface area contributed by atoms with Gasteiger partial charge in [0.05, 0.1) is 13.0 Å². The van der Waals surface area contributed by atoms with Crippen LogP contribution in [0.2, 0.25) is 0 Å². The molecule has 5 nitrogen and oxygen atoms in total. The molecule has 1 amide bonds. The highest BCUT2D eigenvalue weighted by atomic mass is 19.1. The fourth-order valence-corrected chi connectivity index (χ4v) is 4.42. The minimum Gasteiger partial charge on any atom is -0.468 e. The van der Waals surface area contributed by atoms with Crippen molar-refractivity contribution in [2.45, 2.75) is 50.6 Å². The molecule has 0 unspecified atom stereocenters. The van der Waals surface area contributed by atoms with Gasteiger partial charge in [0, 0.05) is 18.2 Å². The summed E-state index contributed by atoms with van der Waals surface area (Å²) < 4.78 is 19.4. The first kappa shape index (κ1) is 20.5. The molecule has 1 fully saturated rings. The number of carbonyl (C=O) groups excluding carboxylic acids is 2. The first-order valence-electron chi connectivity index (χ1n) is 10.0.